The van der Waals surface area contributed by atoms with Gasteiger partial charge in [0.25, 0.3) is 0 Å². The SMILES string of the molecule is Nc1ccccc1CCN1CC2CC1CN2. The number of rotatable bonds is 3. The third-order valence-electron chi connectivity index (χ3n) is 3.89. The highest BCUT2D eigenvalue weighted by molar-refractivity contribution is 5.46. The van der Waals surface area contributed by atoms with Crippen molar-refractivity contribution < 1.29 is 0 Å². The van der Waals surface area contributed by atoms with E-state index in [1.165, 1.54) is 25.1 Å². The van der Waals surface area contributed by atoms with E-state index in [-0.39, 0.29) is 0 Å². The Kier molecular flexibility index (Phi) is 2.58. The molecule has 1 aromatic rings. The maximum absolute atomic E-state index is 5.95. The van der Waals surface area contributed by atoms with Gasteiger partial charge in [0.1, 0.15) is 0 Å². The number of nitrogens with zero attached hydrogens (tertiary/aromatic N) is 1. The molecule has 2 heterocycles. The summed E-state index contributed by atoms with van der Waals surface area (Å²) in [6.07, 6.45) is 2.42. The predicted molar refractivity (Wildman–Crippen MR) is 66.3 cm³/mol. The topological polar surface area (TPSA) is 41.3 Å². The molecular formula is C13H19N3. The Balaban J connectivity index is 1.59. The molecule has 86 valence electrons. The van der Waals surface area contributed by atoms with Crippen molar-refractivity contribution in [2.24, 2.45) is 0 Å². The lowest BCUT2D eigenvalue weighted by Crippen LogP contribution is -2.44. The zero-order valence-electron chi connectivity index (χ0n) is 9.52. The van der Waals surface area contributed by atoms with Gasteiger partial charge in [-0.05, 0) is 24.5 Å². The molecule has 2 bridgehead atoms. The summed E-state index contributed by atoms with van der Waals surface area (Å²) in [4.78, 5) is 2.60. The monoisotopic (exact) mass is 217 g/mol. The van der Waals surface area contributed by atoms with Crippen LogP contribution in [-0.4, -0.2) is 36.6 Å². The molecule has 2 unspecified atom stereocenters. The Morgan fingerprint density at radius 3 is 2.94 bits per heavy atom. The minimum atomic E-state index is 0.748. The Morgan fingerprint density at radius 2 is 2.25 bits per heavy atom. The Labute approximate surface area is 96.6 Å². The number of fused-ring (bicyclic) bond motifs is 2. The second-order valence-electron chi connectivity index (χ2n) is 4.94. The Bertz CT molecular complexity index is 377. The van der Waals surface area contributed by atoms with Gasteiger partial charge in [-0.1, -0.05) is 18.2 Å². The van der Waals surface area contributed by atoms with Crippen molar-refractivity contribution in [2.75, 3.05) is 25.4 Å². The molecule has 2 aliphatic rings. The van der Waals surface area contributed by atoms with Crippen LogP contribution in [0.3, 0.4) is 0 Å². The molecular weight excluding hydrogens is 198 g/mol. The van der Waals surface area contributed by atoms with Crippen LogP contribution in [0.1, 0.15) is 12.0 Å². The molecule has 3 rings (SSSR count). The van der Waals surface area contributed by atoms with Crippen LogP contribution in [0.5, 0.6) is 0 Å². The van der Waals surface area contributed by atoms with Gasteiger partial charge in [0.2, 0.25) is 0 Å². The predicted octanol–water partition coefficient (Wildman–Crippen LogP) is 0.857. The van der Waals surface area contributed by atoms with Gasteiger partial charge in [0.05, 0.1) is 0 Å². The lowest BCUT2D eigenvalue weighted by molar-refractivity contribution is 0.229. The molecule has 0 aliphatic carbocycles. The highest BCUT2D eigenvalue weighted by Gasteiger charge is 2.36. The second kappa shape index (κ2) is 4.07. The van der Waals surface area contributed by atoms with Crippen LogP contribution in [0.4, 0.5) is 5.69 Å². The molecule has 0 saturated carbocycles. The fraction of sp³-hybridized carbons (Fsp3) is 0.538. The number of hydrogen-bond acceptors (Lipinski definition) is 3. The third-order valence-corrected chi connectivity index (χ3v) is 3.89. The first-order valence-electron chi connectivity index (χ1n) is 6.14. The number of likely N-dealkylation sites (tertiary alicyclic amines) is 1. The van der Waals surface area contributed by atoms with Crippen molar-refractivity contribution in [2.45, 2.75) is 24.9 Å². The lowest BCUT2D eigenvalue weighted by atomic mass is 10.1. The van der Waals surface area contributed by atoms with Gasteiger partial charge >= 0.3 is 0 Å². The van der Waals surface area contributed by atoms with Crippen LogP contribution in [-0.2, 0) is 6.42 Å². The quantitative estimate of drug-likeness (QED) is 0.738. The van der Waals surface area contributed by atoms with Crippen LogP contribution >= 0.6 is 0 Å². The standard InChI is InChI=1S/C13H19N3/c14-13-4-2-1-3-10(13)5-6-16-9-11-7-12(16)8-15-11/h1-4,11-12,15H,5-9,14H2. The smallest absolute Gasteiger partial charge is 0.0347 e. The lowest BCUT2D eigenvalue weighted by Gasteiger charge is -2.27. The van der Waals surface area contributed by atoms with E-state index in [9.17, 15) is 0 Å². The maximum Gasteiger partial charge on any atom is 0.0347 e. The largest absolute Gasteiger partial charge is 0.399 e. The first kappa shape index (κ1) is 10.1. The van der Waals surface area contributed by atoms with E-state index in [2.05, 4.69) is 22.3 Å². The van der Waals surface area contributed by atoms with Crippen molar-refractivity contribution in [3.63, 3.8) is 0 Å². The summed E-state index contributed by atoms with van der Waals surface area (Å²) in [5.41, 5.74) is 8.18. The number of nitrogens with two attached hydrogens (primary N) is 1. The van der Waals surface area contributed by atoms with Gasteiger partial charge < -0.3 is 11.1 Å². The number of hydrogen-bond donors (Lipinski definition) is 2. The van der Waals surface area contributed by atoms with E-state index >= 15 is 0 Å². The number of nitrogen functional groups attached to an aromatic ring is 1. The van der Waals surface area contributed by atoms with Crippen molar-refractivity contribution >= 4 is 5.69 Å². The van der Waals surface area contributed by atoms with Gasteiger partial charge in [-0.2, -0.15) is 0 Å². The minimum Gasteiger partial charge on any atom is -0.399 e. The van der Waals surface area contributed by atoms with E-state index < -0.39 is 0 Å². The molecule has 2 aliphatic heterocycles. The molecule has 0 amide bonds. The van der Waals surface area contributed by atoms with E-state index in [0.29, 0.717) is 0 Å². The van der Waals surface area contributed by atoms with E-state index in [4.69, 9.17) is 5.73 Å². The highest BCUT2D eigenvalue weighted by Crippen LogP contribution is 2.23. The van der Waals surface area contributed by atoms with Crippen molar-refractivity contribution in [3.8, 4) is 0 Å². The van der Waals surface area contributed by atoms with Crippen molar-refractivity contribution in [3.05, 3.63) is 29.8 Å². The summed E-state index contributed by atoms with van der Waals surface area (Å²) < 4.78 is 0. The Hall–Kier alpha value is -1.06. The fourth-order valence-corrected chi connectivity index (χ4v) is 2.95. The fourth-order valence-electron chi connectivity index (χ4n) is 2.95. The Morgan fingerprint density at radius 1 is 1.38 bits per heavy atom. The maximum atomic E-state index is 5.95. The number of benzene rings is 1. The van der Waals surface area contributed by atoms with Gasteiger partial charge in [0, 0.05) is 37.4 Å². The molecule has 0 spiro atoms. The summed E-state index contributed by atoms with van der Waals surface area (Å²) in [6.45, 7) is 3.55. The molecule has 0 radical (unpaired) electrons. The average Bonchev–Trinajstić information content (AvgIpc) is 2.90. The zero-order valence-corrected chi connectivity index (χ0v) is 9.52. The number of para-hydroxylation sites is 1. The van der Waals surface area contributed by atoms with Crippen molar-refractivity contribution in [1.29, 1.82) is 0 Å². The third kappa shape index (κ3) is 1.81. The first-order valence-corrected chi connectivity index (χ1v) is 6.14. The van der Waals surface area contributed by atoms with E-state index in [0.717, 1.165) is 30.7 Å². The van der Waals surface area contributed by atoms with Crippen LogP contribution in [0, 0.1) is 0 Å². The normalized spacial score (nSPS) is 28.8. The van der Waals surface area contributed by atoms with Gasteiger partial charge in [0.15, 0.2) is 0 Å². The van der Waals surface area contributed by atoms with Crippen molar-refractivity contribution in [1.82, 2.24) is 10.2 Å². The molecule has 2 saturated heterocycles. The van der Waals surface area contributed by atoms with Gasteiger partial charge in [-0.3, -0.25) is 4.90 Å². The highest BCUT2D eigenvalue weighted by atomic mass is 15.3. The van der Waals surface area contributed by atoms with Crippen LogP contribution in [0.15, 0.2) is 24.3 Å². The van der Waals surface area contributed by atoms with Crippen LogP contribution in [0.2, 0.25) is 0 Å². The molecule has 3 nitrogen and oxygen atoms in total. The molecule has 3 heteroatoms. The van der Waals surface area contributed by atoms with Gasteiger partial charge in [-0.25, -0.2) is 0 Å². The molecule has 1 aromatic carbocycles. The summed E-state index contributed by atoms with van der Waals surface area (Å²) in [5, 5.41) is 3.53. The summed E-state index contributed by atoms with van der Waals surface area (Å²) in [6, 6.07) is 9.73. The van der Waals surface area contributed by atoms with Crippen LogP contribution in [0.25, 0.3) is 0 Å². The molecule has 0 aromatic heterocycles. The number of anilines is 1. The van der Waals surface area contributed by atoms with E-state index in [1.807, 2.05) is 12.1 Å². The summed E-state index contributed by atoms with van der Waals surface area (Å²) >= 11 is 0. The van der Waals surface area contributed by atoms with E-state index in [1.54, 1.807) is 0 Å². The number of piperazine rings is 1. The molecule has 3 N–H and O–H groups in total. The zero-order chi connectivity index (χ0) is 11.0. The molecule has 2 fully saturated rings. The van der Waals surface area contributed by atoms with Crippen LogP contribution < -0.4 is 11.1 Å². The average molecular weight is 217 g/mol. The summed E-state index contributed by atoms with van der Waals surface area (Å²) in [5.74, 6) is 0. The summed E-state index contributed by atoms with van der Waals surface area (Å²) in [7, 11) is 0. The number of nitrogens with one attached hydrogen (secondary N) is 1. The second-order valence-corrected chi connectivity index (χ2v) is 4.94. The first-order chi connectivity index (χ1) is 7.83. The minimum absolute atomic E-state index is 0.748. The van der Waals surface area contributed by atoms with Gasteiger partial charge in [-0.15, -0.1) is 0 Å². The molecule has 16 heavy (non-hydrogen) atoms. The molecule has 2 atom stereocenters.